The second-order valence-electron chi connectivity index (χ2n) is 4.88. The van der Waals surface area contributed by atoms with Crippen molar-refractivity contribution in [3.05, 3.63) is 28.2 Å². The largest absolute Gasteiger partial charge is 0.353 e. The lowest BCUT2D eigenvalue weighted by Crippen LogP contribution is -2.46. The van der Waals surface area contributed by atoms with Crippen molar-refractivity contribution in [2.24, 2.45) is 0 Å². The zero-order valence-electron chi connectivity index (χ0n) is 11.5. The van der Waals surface area contributed by atoms with Crippen LogP contribution in [0.3, 0.4) is 0 Å². The highest BCUT2D eigenvalue weighted by molar-refractivity contribution is 6.18. The van der Waals surface area contributed by atoms with Crippen molar-refractivity contribution in [2.45, 2.75) is 25.3 Å². The van der Waals surface area contributed by atoms with Gasteiger partial charge in [-0.3, -0.25) is 14.4 Å². The zero-order chi connectivity index (χ0) is 15.2. The summed E-state index contributed by atoms with van der Waals surface area (Å²) >= 11 is 5.51. The number of H-pyrrole nitrogens is 1. The first-order valence-electron chi connectivity index (χ1n) is 6.80. The minimum absolute atomic E-state index is 0.0583. The molecule has 114 valence electrons. The number of halogens is 1. The molecule has 0 spiro atoms. The van der Waals surface area contributed by atoms with Gasteiger partial charge in [0.2, 0.25) is 5.91 Å². The van der Waals surface area contributed by atoms with Crippen LogP contribution in [-0.4, -0.2) is 51.9 Å². The van der Waals surface area contributed by atoms with Crippen LogP contribution in [0.25, 0.3) is 0 Å². The van der Waals surface area contributed by atoms with Gasteiger partial charge in [0.15, 0.2) is 0 Å². The van der Waals surface area contributed by atoms with Crippen LogP contribution in [0.5, 0.6) is 0 Å². The number of aromatic amines is 1. The third-order valence-corrected chi connectivity index (χ3v) is 3.56. The van der Waals surface area contributed by atoms with Gasteiger partial charge in [-0.1, -0.05) is 0 Å². The molecule has 1 aliphatic heterocycles. The molecule has 2 amide bonds. The van der Waals surface area contributed by atoms with E-state index in [0.717, 1.165) is 0 Å². The molecule has 1 fully saturated rings. The molecule has 1 aliphatic rings. The van der Waals surface area contributed by atoms with Crippen LogP contribution in [0.2, 0.25) is 0 Å². The fourth-order valence-corrected chi connectivity index (χ4v) is 2.41. The second kappa shape index (κ2) is 7.21. The van der Waals surface area contributed by atoms with Gasteiger partial charge in [0, 0.05) is 37.5 Å². The molecule has 1 aromatic rings. The number of piperidine rings is 1. The SMILES string of the molecule is O=C(CCCl)NC1CCN(C(=O)c2ccc(=O)[nH]n2)CC1. The number of carbonyl (C=O) groups excluding carboxylic acids is 2. The molecule has 21 heavy (non-hydrogen) atoms. The minimum atomic E-state index is -0.340. The van der Waals surface area contributed by atoms with Gasteiger partial charge < -0.3 is 10.2 Å². The minimum Gasteiger partial charge on any atom is -0.353 e. The molecular weight excluding hydrogens is 296 g/mol. The van der Waals surface area contributed by atoms with E-state index in [1.54, 1.807) is 4.90 Å². The third kappa shape index (κ3) is 4.29. The standard InChI is InChI=1S/C13H17ClN4O3/c14-6-3-11(19)15-9-4-7-18(8-5-9)13(21)10-1-2-12(20)17-16-10/h1-2,9H,3-8H2,(H,15,19)(H,17,20). The Balaban J connectivity index is 1.86. The summed E-state index contributed by atoms with van der Waals surface area (Å²) in [4.78, 5) is 36.2. The van der Waals surface area contributed by atoms with E-state index < -0.39 is 0 Å². The number of nitrogens with zero attached hydrogens (tertiary/aromatic N) is 2. The molecule has 0 aromatic carbocycles. The number of amides is 2. The summed E-state index contributed by atoms with van der Waals surface area (Å²) in [7, 11) is 0. The molecular formula is C13H17ClN4O3. The fraction of sp³-hybridized carbons (Fsp3) is 0.538. The van der Waals surface area contributed by atoms with E-state index in [4.69, 9.17) is 11.6 Å². The van der Waals surface area contributed by atoms with E-state index >= 15 is 0 Å². The molecule has 0 radical (unpaired) electrons. The van der Waals surface area contributed by atoms with Crippen molar-refractivity contribution in [2.75, 3.05) is 19.0 Å². The molecule has 0 saturated carbocycles. The monoisotopic (exact) mass is 312 g/mol. The topological polar surface area (TPSA) is 95.2 Å². The van der Waals surface area contributed by atoms with Crippen molar-refractivity contribution in [3.8, 4) is 0 Å². The number of nitrogens with one attached hydrogen (secondary N) is 2. The Labute approximate surface area is 126 Å². The average molecular weight is 313 g/mol. The smallest absolute Gasteiger partial charge is 0.274 e. The number of alkyl halides is 1. The number of carbonyl (C=O) groups is 2. The molecule has 8 heteroatoms. The first kappa shape index (κ1) is 15.5. The van der Waals surface area contributed by atoms with Gasteiger partial charge >= 0.3 is 0 Å². The summed E-state index contributed by atoms with van der Waals surface area (Å²) in [6, 6.07) is 2.77. The first-order valence-corrected chi connectivity index (χ1v) is 7.34. The van der Waals surface area contributed by atoms with Gasteiger partial charge in [-0.15, -0.1) is 11.6 Å². The average Bonchev–Trinajstić information content (AvgIpc) is 2.48. The van der Waals surface area contributed by atoms with Gasteiger partial charge in [-0.2, -0.15) is 5.10 Å². The summed E-state index contributed by atoms with van der Waals surface area (Å²) in [5.41, 5.74) is -0.119. The highest BCUT2D eigenvalue weighted by atomic mass is 35.5. The van der Waals surface area contributed by atoms with Crippen LogP contribution in [0.4, 0.5) is 0 Å². The lowest BCUT2D eigenvalue weighted by Gasteiger charge is -2.32. The molecule has 2 N–H and O–H groups in total. The van der Waals surface area contributed by atoms with Crippen molar-refractivity contribution >= 4 is 23.4 Å². The first-order chi connectivity index (χ1) is 10.1. The number of likely N-dealkylation sites (tertiary alicyclic amines) is 1. The van der Waals surface area contributed by atoms with Gasteiger partial charge in [-0.05, 0) is 18.9 Å². The van der Waals surface area contributed by atoms with Crippen molar-refractivity contribution in [3.63, 3.8) is 0 Å². The molecule has 1 aromatic heterocycles. The predicted molar refractivity (Wildman–Crippen MR) is 77.3 cm³/mol. The lowest BCUT2D eigenvalue weighted by molar-refractivity contribution is -0.121. The molecule has 0 unspecified atom stereocenters. The maximum atomic E-state index is 12.2. The van der Waals surface area contributed by atoms with E-state index in [1.165, 1.54) is 12.1 Å². The summed E-state index contributed by atoms with van der Waals surface area (Å²) in [6.45, 7) is 1.09. The van der Waals surface area contributed by atoms with E-state index in [-0.39, 0.29) is 29.1 Å². The molecule has 0 bridgehead atoms. The van der Waals surface area contributed by atoms with Crippen LogP contribution in [0.1, 0.15) is 29.8 Å². The Morgan fingerprint density at radius 2 is 2.10 bits per heavy atom. The summed E-state index contributed by atoms with van der Waals surface area (Å²) in [5.74, 6) is 0.0370. The molecule has 2 heterocycles. The van der Waals surface area contributed by atoms with Gasteiger partial charge in [0.25, 0.3) is 11.5 Å². The van der Waals surface area contributed by atoms with E-state index in [1.807, 2.05) is 0 Å². The maximum Gasteiger partial charge on any atom is 0.274 e. The van der Waals surface area contributed by atoms with Crippen molar-refractivity contribution in [1.82, 2.24) is 20.4 Å². The van der Waals surface area contributed by atoms with Crippen LogP contribution in [-0.2, 0) is 4.79 Å². The molecule has 1 saturated heterocycles. The van der Waals surface area contributed by atoms with Crippen LogP contribution in [0.15, 0.2) is 16.9 Å². The number of hydrogen-bond donors (Lipinski definition) is 2. The molecule has 2 rings (SSSR count). The van der Waals surface area contributed by atoms with E-state index in [9.17, 15) is 14.4 Å². The highest BCUT2D eigenvalue weighted by Crippen LogP contribution is 2.12. The predicted octanol–water partition coefficient (Wildman–Crippen LogP) is 0.120. The fourth-order valence-electron chi connectivity index (χ4n) is 2.24. The summed E-state index contributed by atoms with van der Waals surface area (Å²) in [5, 5.41) is 8.88. The molecule has 0 aliphatic carbocycles. The van der Waals surface area contributed by atoms with Crippen molar-refractivity contribution < 1.29 is 9.59 Å². The molecule has 0 atom stereocenters. The summed E-state index contributed by atoms with van der Waals surface area (Å²) < 4.78 is 0. The van der Waals surface area contributed by atoms with Gasteiger partial charge in [-0.25, -0.2) is 5.10 Å². The Morgan fingerprint density at radius 3 is 2.67 bits per heavy atom. The van der Waals surface area contributed by atoms with Gasteiger partial charge in [0.1, 0.15) is 5.69 Å². The number of aromatic nitrogens is 2. The van der Waals surface area contributed by atoms with Crippen molar-refractivity contribution in [1.29, 1.82) is 0 Å². The normalized spacial score (nSPS) is 15.8. The van der Waals surface area contributed by atoms with Gasteiger partial charge in [0.05, 0.1) is 0 Å². The van der Waals surface area contributed by atoms with Crippen LogP contribution in [0, 0.1) is 0 Å². The summed E-state index contributed by atoms with van der Waals surface area (Å²) in [6.07, 6.45) is 1.70. The molecule has 7 nitrogen and oxygen atoms in total. The van der Waals surface area contributed by atoms with E-state index in [2.05, 4.69) is 15.5 Å². The second-order valence-corrected chi connectivity index (χ2v) is 5.26. The highest BCUT2D eigenvalue weighted by Gasteiger charge is 2.25. The number of hydrogen-bond acceptors (Lipinski definition) is 4. The number of rotatable bonds is 4. The van der Waals surface area contributed by atoms with E-state index in [0.29, 0.717) is 38.2 Å². The Kier molecular flexibility index (Phi) is 5.32. The Bertz CT molecular complexity index is 546. The quantitative estimate of drug-likeness (QED) is 0.772. The Morgan fingerprint density at radius 1 is 1.38 bits per heavy atom. The van der Waals surface area contributed by atoms with Crippen LogP contribution >= 0.6 is 11.6 Å². The van der Waals surface area contributed by atoms with Crippen LogP contribution < -0.4 is 10.9 Å². The maximum absolute atomic E-state index is 12.2. The lowest BCUT2D eigenvalue weighted by atomic mass is 10.0. The Hall–Kier alpha value is -1.89. The zero-order valence-corrected chi connectivity index (χ0v) is 12.2. The third-order valence-electron chi connectivity index (χ3n) is 3.37.